The quantitative estimate of drug-likeness (QED) is 0.0518. The lowest BCUT2D eigenvalue weighted by atomic mass is 10.1. The lowest BCUT2D eigenvalue weighted by molar-refractivity contribution is -0.161. The number of allylic oxidation sites excluding steroid dienone is 14. The maximum Gasteiger partial charge on any atom is 0.306 e. The predicted molar refractivity (Wildman–Crippen MR) is 186 cm³/mol. The van der Waals surface area contributed by atoms with Crippen molar-refractivity contribution in [3.8, 4) is 0 Å². The van der Waals surface area contributed by atoms with Gasteiger partial charge in [0.25, 0.3) is 0 Å². The third-order valence-electron chi connectivity index (χ3n) is 6.67. The maximum atomic E-state index is 12.1. The number of hydrogen-bond donors (Lipinski definition) is 1. The van der Waals surface area contributed by atoms with Gasteiger partial charge in [-0.25, -0.2) is 0 Å². The molecule has 1 unspecified atom stereocenters. The zero-order chi connectivity index (χ0) is 32.2. The van der Waals surface area contributed by atoms with Gasteiger partial charge in [0.2, 0.25) is 0 Å². The van der Waals surface area contributed by atoms with E-state index < -0.39 is 6.10 Å². The molecule has 1 atom stereocenters. The highest BCUT2D eigenvalue weighted by atomic mass is 16.6. The van der Waals surface area contributed by atoms with E-state index in [0.29, 0.717) is 6.42 Å². The summed E-state index contributed by atoms with van der Waals surface area (Å²) in [5, 5.41) is 9.50. The Kier molecular flexibility index (Phi) is 32.3. The zero-order valence-electron chi connectivity index (χ0n) is 27.9. The highest BCUT2D eigenvalue weighted by Gasteiger charge is 2.15. The molecule has 0 saturated carbocycles. The summed E-state index contributed by atoms with van der Waals surface area (Å²) in [7, 11) is 0. The molecular weight excluding hydrogens is 548 g/mol. The predicted octanol–water partition coefficient (Wildman–Crippen LogP) is 10.4. The fourth-order valence-corrected chi connectivity index (χ4v) is 4.08. The van der Waals surface area contributed by atoms with Gasteiger partial charge in [0.05, 0.1) is 6.61 Å². The lowest BCUT2D eigenvalue weighted by Crippen LogP contribution is -2.28. The summed E-state index contributed by atoms with van der Waals surface area (Å²) >= 11 is 0. The molecule has 0 bridgehead atoms. The van der Waals surface area contributed by atoms with Gasteiger partial charge in [-0.15, -0.1) is 0 Å². The van der Waals surface area contributed by atoms with Crippen LogP contribution in [0.15, 0.2) is 85.1 Å². The van der Waals surface area contributed by atoms with Gasteiger partial charge in [-0.2, -0.15) is 0 Å². The van der Waals surface area contributed by atoms with Gasteiger partial charge < -0.3 is 14.6 Å². The van der Waals surface area contributed by atoms with Crippen molar-refractivity contribution < 1.29 is 24.2 Å². The number of hydrogen-bond acceptors (Lipinski definition) is 5. The molecule has 5 heteroatoms. The van der Waals surface area contributed by atoms with Crippen molar-refractivity contribution in [3.05, 3.63) is 85.1 Å². The van der Waals surface area contributed by atoms with Gasteiger partial charge >= 0.3 is 11.9 Å². The first-order valence-electron chi connectivity index (χ1n) is 17.1. The van der Waals surface area contributed by atoms with Crippen molar-refractivity contribution >= 4 is 11.9 Å². The topological polar surface area (TPSA) is 72.8 Å². The molecule has 248 valence electrons. The summed E-state index contributed by atoms with van der Waals surface area (Å²) in [5.41, 5.74) is 0. The van der Waals surface area contributed by atoms with Crippen molar-refractivity contribution in [1.29, 1.82) is 0 Å². The maximum absolute atomic E-state index is 12.1. The van der Waals surface area contributed by atoms with E-state index in [4.69, 9.17) is 9.47 Å². The first-order chi connectivity index (χ1) is 21.6. The molecule has 0 fully saturated rings. The minimum Gasteiger partial charge on any atom is -0.462 e. The van der Waals surface area contributed by atoms with E-state index in [0.717, 1.165) is 77.0 Å². The summed E-state index contributed by atoms with van der Waals surface area (Å²) in [6.45, 7) is 3.89. The van der Waals surface area contributed by atoms with Crippen LogP contribution in [0.25, 0.3) is 0 Å². The third-order valence-corrected chi connectivity index (χ3v) is 6.67. The molecule has 0 aliphatic heterocycles. The SMILES string of the molecule is CCC=CCC=CCC=CCC=CCCCCC(=O)OC(CO)COC(=O)CCCCC=CCC=CCC=CCCCCC. The highest BCUT2D eigenvalue weighted by Crippen LogP contribution is 2.07. The first-order valence-corrected chi connectivity index (χ1v) is 17.1. The normalized spacial score (nSPS) is 13.2. The fraction of sp³-hybridized carbons (Fsp3) is 0.590. The molecule has 0 heterocycles. The van der Waals surface area contributed by atoms with Crippen LogP contribution in [0.5, 0.6) is 0 Å². The van der Waals surface area contributed by atoms with Crippen LogP contribution in [0.4, 0.5) is 0 Å². The molecule has 1 N–H and O–H groups in total. The van der Waals surface area contributed by atoms with Crippen molar-refractivity contribution in [3.63, 3.8) is 0 Å². The minimum absolute atomic E-state index is 0.108. The van der Waals surface area contributed by atoms with Crippen molar-refractivity contribution in [2.75, 3.05) is 13.2 Å². The fourth-order valence-electron chi connectivity index (χ4n) is 4.08. The number of carbonyl (C=O) groups excluding carboxylic acids is 2. The molecular formula is C39H62O5. The van der Waals surface area contributed by atoms with Crippen LogP contribution in [0.3, 0.4) is 0 Å². The first kappa shape index (κ1) is 41.1. The van der Waals surface area contributed by atoms with E-state index in [2.05, 4.69) is 98.9 Å². The van der Waals surface area contributed by atoms with Crippen molar-refractivity contribution in [1.82, 2.24) is 0 Å². The molecule has 0 aliphatic carbocycles. The van der Waals surface area contributed by atoms with Crippen LogP contribution in [-0.4, -0.2) is 36.4 Å². The number of rotatable bonds is 29. The van der Waals surface area contributed by atoms with Gasteiger partial charge in [0, 0.05) is 12.8 Å². The van der Waals surface area contributed by atoms with Crippen LogP contribution in [-0.2, 0) is 19.1 Å². The Labute approximate surface area is 269 Å². The standard InChI is InChI=1S/C39H62O5/c1-3-5-7-9-11-13-15-17-19-21-23-25-27-29-31-33-38(41)43-36-37(35-40)44-39(42)34-32-30-28-26-24-22-20-18-16-14-12-10-8-6-4-2/h6,8,11-14,17-20,23-26,37,40H,3-5,7,9-10,15-16,21-22,27-36H2,1-2H3. The van der Waals surface area contributed by atoms with E-state index in [1.807, 2.05) is 0 Å². The smallest absolute Gasteiger partial charge is 0.306 e. The number of esters is 2. The largest absolute Gasteiger partial charge is 0.462 e. The van der Waals surface area contributed by atoms with E-state index >= 15 is 0 Å². The summed E-state index contributed by atoms with van der Waals surface area (Å²) in [6.07, 6.45) is 46.4. The molecule has 0 radical (unpaired) electrons. The van der Waals surface area contributed by atoms with Crippen molar-refractivity contribution in [2.24, 2.45) is 0 Å². The Balaban J connectivity index is 3.77. The van der Waals surface area contributed by atoms with E-state index in [1.54, 1.807) is 0 Å². The van der Waals surface area contributed by atoms with Gasteiger partial charge in [0.15, 0.2) is 6.10 Å². The second-order valence-corrected chi connectivity index (χ2v) is 10.9. The second-order valence-electron chi connectivity index (χ2n) is 10.9. The number of aliphatic hydroxyl groups is 1. The Morgan fingerprint density at radius 3 is 1.39 bits per heavy atom. The Bertz CT molecular complexity index is 875. The molecule has 44 heavy (non-hydrogen) atoms. The lowest BCUT2D eigenvalue weighted by Gasteiger charge is -2.15. The summed E-state index contributed by atoms with van der Waals surface area (Å²) in [4.78, 5) is 24.1. The summed E-state index contributed by atoms with van der Waals surface area (Å²) in [5.74, 6) is -0.696. The van der Waals surface area contributed by atoms with Crippen LogP contribution in [0, 0.1) is 0 Å². The second kappa shape index (κ2) is 34.6. The molecule has 0 aromatic rings. The van der Waals surface area contributed by atoms with Crippen LogP contribution in [0.2, 0.25) is 0 Å². The molecule has 0 amide bonds. The average molecular weight is 611 g/mol. The number of ether oxygens (including phenoxy) is 2. The molecule has 5 nitrogen and oxygen atoms in total. The number of aliphatic hydroxyl groups excluding tert-OH is 1. The van der Waals surface area contributed by atoms with Gasteiger partial charge in [-0.05, 0) is 89.9 Å². The molecule has 0 aliphatic rings. The molecule has 0 saturated heterocycles. The molecule has 0 aromatic heterocycles. The average Bonchev–Trinajstić information content (AvgIpc) is 3.02. The Morgan fingerprint density at radius 1 is 0.545 bits per heavy atom. The molecule has 0 aromatic carbocycles. The Morgan fingerprint density at radius 2 is 0.955 bits per heavy atom. The van der Waals surface area contributed by atoms with Gasteiger partial charge in [-0.1, -0.05) is 112 Å². The number of unbranched alkanes of at least 4 members (excludes halogenated alkanes) is 7. The van der Waals surface area contributed by atoms with Gasteiger partial charge in [-0.3, -0.25) is 9.59 Å². The van der Waals surface area contributed by atoms with E-state index in [-0.39, 0.29) is 31.6 Å². The molecule has 0 rings (SSSR count). The van der Waals surface area contributed by atoms with Gasteiger partial charge in [0.1, 0.15) is 6.61 Å². The van der Waals surface area contributed by atoms with Crippen LogP contribution in [0.1, 0.15) is 129 Å². The number of carbonyl (C=O) groups is 2. The van der Waals surface area contributed by atoms with Crippen LogP contribution < -0.4 is 0 Å². The minimum atomic E-state index is -0.812. The molecule has 0 spiro atoms. The third kappa shape index (κ3) is 32.0. The van der Waals surface area contributed by atoms with E-state index in [1.165, 1.54) is 25.7 Å². The van der Waals surface area contributed by atoms with Crippen LogP contribution >= 0.6 is 0 Å². The van der Waals surface area contributed by atoms with E-state index in [9.17, 15) is 14.7 Å². The zero-order valence-corrected chi connectivity index (χ0v) is 27.9. The Hall–Kier alpha value is -2.92. The summed E-state index contributed by atoms with van der Waals surface area (Å²) < 4.78 is 10.5. The van der Waals surface area contributed by atoms with Crippen molar-refractivity contribution in [2.45, 2.75) is 136 Å². The summed E-state index contributed by atoms with van der Waals surface area (Å²) in [6, 6.07) is 0. The highest BCUT2D eigenvalue weighted by molar-refractivity contribution is 5.70. The monoisotopic (exact) mass is 610 g/mol.